The molecule has 1 rings (SSSR count). The molecule has 0 unspecified atom stereocenters. The molecule has 0 aromatic carbocycles. The van der Waals surface area contributed by atoms with Crippen LogP contribution in [-0.2, 0) is 11.2 Å². The van der Waals surface area contributed by atoms with Gasteiger partial charge < -0.3 is 9.84 Å². The highest BCUT2D eigenvalue weighted by Crippen LogP contribution is 2.12. The Bertz CT molecular complexity index is 312. The summed E-state index contributed by atoms with van der Waals surface area (Å²) in [4.78, 5) is 11.5. The highest BCUT2D eigenvalue weighted by molar-refractivity contribution is 5.78. The molecule has 0 aliphatic carbocycles. The zero-order valence-corrected chi connectivity index (χ0v) is 9.59. The summed E-state index contributed by atoms with van der Waals surface area (Å²) in [5.41, 5.74) is 1.71. The van der Waals surface area contributed by atoms with Gasteiger partial charge >= 0.3 is 0 Å². The molecule has 0 bridgehead atoms. The van der Waals surface area contributed by atoms with Crippen LogP contribution in [0.5, 0.6) is 0 Å². The van der Waals surface area contributed by atoms with Crippen molar-refractivity contribution in [3.63, 3.8) is 0 Å². The first-order valence-electron chi connectivity index (χ1n) is 5.33. The van der Waals surface area contributed by atoms with Gasteiger partial charge in [-0.1, -0.05) is 18.5 Å². The van der Waals surface area contributed by atoms with Crippen molar-refractivity contribution in [2.24, 2.45) is 0 Å². The predicted octanol–water partition coefficient (Wildman–Crippen LogP) is 1.75. The molecular weight excluding hydrogens is 192 g/mol. The van der Waals surface area contributed by atoms with Gasteiger partial charge in [-0.25, -0.2) is 0 Å². The fourth-order valence-corrected chi connectivity index (χ4v) is 1.38. The zero-order chi connectivity index (χ0) is 11.3. The van der Waals surface area contributed by atoms with E-state index in [4.69, 9.17) is 4.52 Å². The number of carbonyl (C=O) groups excluding carboxylic acids is 1. The third-order valence-electron chi connectivity index (χ3n) is 2.37. The molecule has 1 aromatic rings. The van der Waals surface area contributed by atoms with E-state index in [1.165, 1.54) is 0 Å². The quantitative estimate of drug-likeness (QED) is 0.753. The Morgan fingerprint density at radius 1 is 1.47 bits per heavy atom. The minimum Gasteiger partial charge on any atom is -0.361 e. The van der Waals surface area contributed by atoms with Crippen molar-refractivity contribution in [1.82, 2.24) is 10.5 Å². The van der Waals surface area contributed by atoms with E-state index in [1.54, 1.807) is 0 Å². The van der Waals surface area contributed by atoms with Crippen LogP contribution >= 0.6 is 0 Å². The van der Waals surface area contributed by atoms with Crippen LogP contribution in [-0.4, -0.2) is 17.6 Å². The summed E-state index contributed by atoms with van der Waals surface area (Å²) < 4.78 is 4.99. The topological polar surface area (TPSA) is 55.1 Å². The predicted molar refractivity (Wildman–Crippen MR) is 57.6 cm³/mol. The Balaban J connectivity index is 2.44. The number of amides is 1. The number of carbonyl (C=O) groups is 1. The van der Waals surface area contributed by atoms with Crippen molar-refractivity contribution < 1.29 is 9.32 Å². The average molecular weight is 210 g/mol. The summed E-state index contributed by atoms with van der Waals surface area (Å²) in [5, 5.41) is 6.68. The largest absolute Gasteiger partial charge is 0.361 e. The molecule has 1 N–H and O–H groups in total. The van der Waals surface area contributed by atoms with Gasteiger partial charge in [0.15, 0.2) is 0 Å². The average Bonchev–Trinajstić information content (AvgIpc) is 2.50. The molecule has 0 aliphatic heterocycles. The number of nitrogens with zero attached hydrogens (tertiary/aromatic N) is 1. The van der Waals surface area contributed by atoms with Crippen molar-refractivity contribution in [2.45, 2.75) is 40.0 Å². The van der Waals surface area contributed by atoms with Crippen molar-refractivity contribution >= 4 is 5.91 Å². The number of aryl methyl sites for hydroxylation is 2. The lowest BCUT2D eigenvalue weighted by Gasteiger charge is -2.03. The van der Waals surface area contributed by atoms with Gasteiger partial charge in [0, 0.05) is 12.1 Å². The molecule has 0 aliphatic rings. The van der Waals surface area contributed by atoms with Crippen molar-refractivity contribution in [3.8, 4) is 0 Å². The summed E-state index contributed by atoms with van der Waals surface area (Å²) in [6, 6.07) is 0. The summed E-state index contributed by atoms with van der Waals surface area (Å²) in [6.07, 6.45) is 2.48. The summed E-state index contributed by atoms with van der Waals surface area (Å²) >= 11 is 0. The lowest BCUT2D eigenvalue weighted by atomic mass is 10.1. The van der Waals surface area contributed by atoms with Crippen LogP contribution < -0.4 is 5.32 Å². The maximum Gasteiger partial charge on any atom is 0.224 e. The van der Waals surface area contributed by atoms with Gasteiger partial charge in [0.1, 0.15) is 5.76 Å². The zero-order valence-electron chi connectivity index (χ0n) is 9.59. The van der Waals surface area contributed by atoms with Crippen LogP contribution in [0.4, 0.5) is 0 Å². The monoisotopic (exact) mass is 210 g/mol. The van der Waals surface area contributed by atoms with Crippen molar-refractivity contribution in [2.75, 3.05) is 6.54 Å². The smallest absolute Gasteiger partial charge is 0.224 e. The molecule has 0 atom stereocenters. The van der Waals surface area contributed by atoms with Gasteiger partial charge in [0.05, 0.1) is 12.1 Å². The highest BCUT2D eigenvalue weighted by atomic mass is 16.5. The first-order chi connectivity index (χ1) is 7.15. The fourth-order valence-electron chi connectivity index (χ4n) is 1.38. The third kappa shape index (κ3) is 3.38. The standard InChI is InChI=1S/C11H18N2O2/c1-4-5-6-12-11(14)7-10-8(2)13-15-9(10)3/h4-7H2,1-3H3,(H,12,14). The molecule has 0 saturated heterocycles. The molecule has 1 heterocycles. The second kappa shape index (κ2) is 5.53. The second-order valence-corrected chi connectivity index (χ2v) is 3.68. The first-order valence-corrected chi connectivity index (χ1v) is 5.33. The molecule has 0 spiro atoms. The van der Waals surface area contributed by atoms with Gasteiger partial charge in [-0.3, -0.25) is 4.79 Å². The molecule has 15 heavy (non-hydrogen) atoms. The maximum atomic E-state index is 11.5. The summed E-state index contributed by atoms with van der Waals surface area (Å²) in [5.74, 6) is 0.774. The van der Waals surface area contributed by atoms with E-state index in [0.717, 1.165) is 36.4 Å². The van der Waals surface area contributed by atoms with Gasteiger partial charge in [-0.15, -0.1) is 0 Å². The molecule has 84 valence electrons. The lowest BCUT2D eigenvalue weighted by Crippen LogP contribution is -2.26. The number of unbranched alkanes of at least 4 members (excludes halogenated alkanes) is 1. The number of aromatic nitrogens is 1. The van der Waals surface area contributed by atoms with E-state index in [0.29, 0.717) is 6.42 Å². The van der Waals surface area contributed by atoms with E-state index in [2.05, 4.69) is 17.4 Å². The minimum atomic E-state index is 0.0397. The maximum absolute atomic E-state index is 11.5. The van der Waals surface area contributed by atoms with Crippen molar-refractivity contribution in [3.05, 3.63) is 17.0 Å². The molecule has 0 saturated carbocycles. The second-order valence-electron chi connectivity index (χ2n) is 3.68. The minimum absolute atomic E-state index is 0.0397. The third-order valence-corrected chi connectivity index (χ3v) is 2.37. The Hall–Kier alpha value is -1.32. The van der Waals surface area contributed by atoms with E-state index < -0.39 is 0 Å². The number of hydrogen-bond acceptors (Lipinski definition) is 3. The number of nitrogens with one attached hydrogen (secondary N) is 1. The SMILES string of the molecule is CCCCNC(=O)Cc1c(C)noc1C. The molecule has 0 radical (unpaired) electrons. The molecule has 0 fully saturated rings. The highest BCUT2D eigenvalue weighted by Gasteiger charge is 2.12. The van der Waals surface area contributed by atoms with E-state index in [1.807, 2.05) is 13.8 Å². The molecule has 4 nitrogen and oxygen atoms in total. The van der Waals surface area contributed by atoms with Crippen LogP contribution in [0, 0.1) is 13.8 Å². The Kier molecular flexibility index (Phi) is 4.34. The molecule has 1 aromatic heterocycles. The van der Waals surface area contributed by atoms with Crippen LogP contribution in [0.15, 0.2) is 4.52 Å². The van der Waals surface area contributed by atoms with Crippen LogP contribution in [0.1, 0.15) is 36.8 Å². The molecule has 1 amide bonds. The number of rotatable bonds is 5. The van der Waals surface area contributed by atoms with E-state index in [9.17, 15) is 4.79 Å². The fraction of sp³-hybridized carbons (Fsp3) is 0.636. The number of hydrogen-bond donors (Lipinski definition) is 1. The van der Waals surface area contributed by atoms with Crippen LogP contribution in [0.2, 0.25) is 0 Å². The molecule has 4 heteroatoms. The summed E-state index contributed by atoms with van der Waals surface area (Å²) in [6.45, 7) is 6.53. The first kappa shape index (κ1) is 11.8. The van der Waals surface area contributed by atoms with Gasteiger partial charge in [-0.05, 0) is 20.3 Å². The Morgan fingerprint density at radius 2 is 2.20 bits per heavy atom. The van der Waals surface area contributed by atoms with E-state index >= 15 is 0 Å². The van der Waals surface area contributed by atoms with Gasteiger partial charge in [-0.2, -0.15) is 0 Å². The van der Waals surface area contributed by atoms with Crippen LogP contribution in [0.3, 0.4) is 0 Å². The normalized spacial score (nSPS) is 10.3. The van der Waals surface area contributed by atoms with E-state index in [-0.39, 0.29) is 5.91 Å². The van der Waals surface area contributed by atoms with Gasteiger partial charge in [0.2, 0.25) is 5.91 Å². The van der Waals surface area contributed by atoms with Crippen LogP contribution in [0.25, 0.3) is 0 Å². The van der Waals surface area contributed by atoms with Crippen molar-refractivity contribution in [1.29, 1.82) is 0 Å². The Morgan fingerprint density at radius 3 is 2.73 bits per heavy atom. The van der Waals surface area contributed by atoms with Gasteiger partial charge in [0.25, 0.3) is 0 Å². The lowest BCUT2D eigenvalue weighted by molar-refractivity contribution is -0.120. The molecular formula is C11H18N2O2. The Labute approximate surface area is 90.0 Å². The summed E-state index contributed by atoms with van der Waals surface area (Å²) in [7, 11) is 0.